The molecule has 0 amide bonds. The summed E-state index contributed by atoms with van der Waals surface area (Å²) in [7, 11) is 0. The first-order valence-electron chi connectivity index (χ1n) is 3.51. The summed E-state index contributed by atoms with van der Waals surface area (Å²) >= 11 is 0. The van der Waals surface area contributed by atoms with E-state index in [1.54, 1.807) is 0 Å². The Labute approximate surface area is 66.7 Å². The van der Waals surface area contributed by atoms with Crippen molar-refractivity contribution in [2.24, 2.45) is 5.41 Å². The van der Waals surface area contributed by atoms with Crippen LogP contribution in [0.1, 0.15) is 19.8 Å². The molecular weight excluding hydrogens is 176 g/mol. The predicted molar refractivity (Wildman–Crippen MR) is 33.3 cm³/mol. The Bertz CT molecular complexity index is 207. The number of rotatable bonds is 3. The summed E-state index contributed by atoms with van der Waals surface area (Å²) < 4.78 is 48.9. The molecular formula is C7H8F4O. The summed E-state index contributed by atoms with van der Waals surface area (Å²) in [5.74, 6) is -4.99. The van der Waals surface area contributed by atoms with E-state index in [0.29, 0.717) is 0 Å². The molecule has 0 N–H and O–H groups in total. The summed E-state index contributed by atoms with van der Waals surface area (Å²) in [6.45, 7) is 0.934. The Balaban J connectivity index is 2.88. The summed E-state index contributed by atoms with van der Waals surface area (Å²) in [4.78, 5) is 10.7. The van der Waals surface area contributed by atoms with Crippen LogP contribution in [0.2, 0.25) is 0 Å². The lowest BCUT2D eigenvalue weighted by Crippen LogP contribution is -2.41. The Morgan fingerprint density at radius 3 is 1.92 bits per heavy atom. The number of hydrogen-bond acceptors (Lipinski definition) is 1. The third-order valence-electron chi connectivity index (χ3n) is 2.34. The molecule has 1 aliphatic rings. The van der Waals surface area contributed by atoms with Crippen molar-refractivity contribution in [3.63, 3.8) is 0 Å². The smallest absolute Gasteiger partial charge is 0.299 e. The first kappa shape index (κ1) is 9.48. The summed E-state index contributed by atoms with van der Waals surface area (Å²) in [6.07, 6.45) is -4.00. The molecule has 5 heteroatoms. The second kappa shape index (κ2) is 2.44. The van der Waals surface area contributed by atoms with Crippen molar-refractivity contribution in [3.8, 4) is 0 Å². The molecule has 1 rings (SSSR count). The van der Waals surface area contributed by atoms with Gasteiger partial charge in [-0.15, -0.1) is 0 Å². The molecule has 0 radical (unpaired) electrons. The highest BCUT2D eigenvalue weighted by molar-refractivity contribution is 5.86. The average Bonchev–Trinajstić information content (AvgIpc) is 2.64. The van der Waals surface area contributed by atoms with Gasteiger partial charge in [0.15, 0.2) is 0 Å². The van der Waals surface area contributed by atoms with E-state index < -0.39 is 23.5 Å². The second-order valence-electron chi connectivity index (χ2n) is 3.06. The van der Waals surface area contributed by atoms with Crippen molar-refractivity contribution in [2.75, 3.05) is 0 Å². The van der Waals surface area contributed by atoms with Crippen LogP contribution in [0.3, 0.4) is 0 Å². The molecule has 70 valence electrons. The fraction of sp³-hybridized carbons (Fsp3) is 0.857. The maximum Gasteiger partial charge on any atom is 0.319 e. The highest BCUT2D eigenvalue weighted by Gasteiger charge is 2.69. The molecule has 1 aliphatic carbocycles. The minimum Gasteiger partial charge on any atom is -0.299 e. The Morgan fingerprint density at radius 1 is 1.42 bits per heavy atom. The van der Waals surface area contributed by atoms with Gasteiger partial charge in [0, 0.05) is 0 Å². The fourth-order valence-electron chi connectivity index (χ4n) is 1.25. The summed E-state index contributed by atoms with van der Waals surface area (Å²) in [5.41, 5.74) is -2.05. The molecule has 0 aliphatic heterocycles. The zero-order chi connectivity index (χ0) is 9.57. The second-order valence-corrected chi connectivity index (χ2v) is 3.06. The van der Waals surface area contributed by atoms with Crippen LogP contribution >= 0.6 is 0 Å². The number of Topliss-reactive ketones (excluding diaryl/α,β-unsaturated/α-hetero) is 1. The third kappa shape index (κ3) is 1.03. The van der Waals surface area contributed by atoms with Crippen molar-refractivity contribution in [1.29, 1.82) is 0 Å². The molecule has 12 heavy (non-hydrogen) atoms. The van der Waals surface area contributed by atoms with Crippen LogP contribution in [0.5, 0.6) is 0 Å². The summed E-state index contributed by atoms with van der Waals surface area (Å²) in [5, 5.41) is 0. The lowest BCUT2D eigenvalue weighted by molar-refractivity contribution is -0.181. The Morgan fingerprint density at radius 2 is 1.83 bits per heavy atom. The minimum atomic E-state index is -4.15. The van der Waals surface area contributed by atoms with E-state index in [1.807, 2.05) is 0 Å². The van der Waals surface area contributed by atoms with Gasteiger partial charge < -0.3 is 0 Å². The number of alkyl halides is 4. The zero-order valence-electron chi connectivity index (χ0n) is 6.41. The molecule has 1 saturated carbocycles. The molecule has 0 aromatic rings. The lowest BCUT2D eigenvalue weighted by atomic mass is 9.94. The molecule has 0 bridgehead atoms. The predicted octanol–water partition coefficient (Wildman–Crippen LogP) is 2.26. The van der Waals surface area contributed by atoms with Crippen LogP contribution in [-0.4, -0.2) is 18.1 Å². The molecule has 1 nitrogen and oxygen atoms in total. The van der Waals surface area contributed by atoms with Crippen molar-refractivity contribution < 1.29 is 22.4 Å². The number of carbonyl (C=O) groups excluding carboxylic acids is 1. The van der Waals surface area contributed by atoms with Crippen LogP contribution in [0.4, 0.5) is 17.6 Å². The van der Waals surface area contributed by atoms with Crippen LogP contribution in [0, 0.1) is 5.41 Å². The van der Waals surface area contributed by atoms with Gasteiger partial charge in [0.2, 0.25) is 0 Å². The Hall–Kier alpha value is -0.610. The van der Waals surface area contributed by atoms with E-state index in [2.05, 4.69) is 0 Å². The van der Waals surface area contributed by atoms with Crippen LogP contribution in [-0.2, 0) is 4.79 Å². The van der Waals surface area contributed by atoms with E-state index in [0.717, 1.165) is 6.92 Å². The SMILES string of the molecule is CC(=O)C1(C(F)(F)C(F)F)CC1. The van der Waals surface area contributed by atoms with Crippen molar-refractivity contribution in [3.05, 3.63) is 0 Å². The molecule has 0 heterocycles. The lowest BCUT2D eigenvalue weighted by Gasteiger charge is -2.23. The van der Waals surface area contributed by atoms with E-state index >= 15 is 0 Å². The summed E-state index contributed by atoms with van der Waals surface area (Å²) in [6, 6.07) is 0. The van der Waals surface area contributed by atoms with Gasteiger partial charge in [0.05, 0.1) is 5.41 Å². The molecule has 0 aromatic heterocycles. The van der Waals surface area contributed by atoms with Gasteiger partial charge in [-0.3, -0.25) is 4.79 Å². The molecule has 0 aromatic carbocycles. The molecule has 1 fully saturated rings. The molecule has 0 atom stereocenters. The Kier molecular flexibility index (Phi) is 1.92. The molecule has 0 spiro atoms. The van der Waals surface area contributed by atoms with Gasteiger partial charge >= 0.3 is 12.3 Å². The minimum absolute atomic E-state index is 0.125. The van der Waals surface area contributed by atoms with E-state index in [1.165, 1.54) is 0 Å². The van der Waals surface area contributed by atoms with Gasteiger partial charge in [-0.25, -0.2) is 8.78 Å². The van der Waals surface area contributed by atoms with Crippen molar-refractivity contribution in [1.82, 2.24) is 0 Å². The van der Waals surface area contributed by atoms with E-state index in [9.17, 15) is 22.4 Å². The maximum atomic E-state index is 12.7. The van der Waals surface area contributed by atoms with Gasteiger partial charge in [-0.2, -0.15) is 8.78 Å². The standard InChI is InChI=1S/C7H8F4O/c1-4(12)6(2-3-6)7(10,11)5(8)9/h5H,2-3H2,1H3. The third-order valence-corrected chi connectivity index (χ3v) is 2.34. The van der Waals surface area contributed by atoms with Crippen LogP contribution < -0.4 is 0 Å². The number of ketones is 1. The first-order valence-corrected chi connectivity index (χ1v) is 3.51. The zero-order valence-corrected chi connectivity index (χ0v) is 6.41. The highest BCUT2D eigenvalue weighted by Crippen LogP contribution is 2.59. The van der Waals surface area contributed by atoms with Crippen LogP contribution in [0.15, 0.2) is 0 Å². The number of halogens is 4. The van der Waals surface area contributed by atoms with Gasteiger partial charge in [-0.05, 0) is 19.8 Å². The quantitative estimate of drug-likeness (QED) is 0.615. The fourth-order valence-corrected chi connectivity index (χ4v) is 1.25. The first-order chi connectivity index (χ1) is 5.34. The highest BCUT2D eigenvalue weighted by atomic mass is 19.3. The van der Waals surface area contributed by atoms with Gasteiger partial charge in [0.1, 0.15) is 5.78 Å². The van der Waals surface area contributed by atoms with E-state index in [4.69, 9.17) is 0 Å². The van der Waals surface area contributed by atoms with Crippen LogP contribution in [0.25, 0.3) is 0 Å². The van der Waals surface area contributed by atoms with Gasteiger partial charge in [0.25, 0.3) is 0 Å². The van der Waals surface area contributed by atoms with Gasteiger partial charge in [-0.1, -0.05) is 0 Å². The van der Waals surface area contributed by atoms with E-state index in [-0.39, 0.29) is 12.8 Å². The number of carbonyl (C=O) groups is 1. The maximum absolute atomic E-state index is 12.7. The largest absolute Gasteiger partial charge is 0.319 e. The van der Waals surface area contributed by atoms with Crippen molar-refractivity contribution >= 4 is 5.78 Å². The normalized spacial score (nSPS) is 21.2. The monoisotopic (exact) mass is 184 g/mol. The number of hydrogen-bond donors (Lipinski definition) is 0. The molecule has 0 saturated heterocycles. The topological polar surface area (TPSA) is 17.1 Å². The molecule has 0 unspecified atom stereocenters. The average molecular weight is 184 g/mol. The van der Waals surface area contributed by atoms with Crippen molar-refractivity contribution in [2.45, 2.75) is 32.1 Å².